The summed E-state index contributed by atoms with van der Waals surface area (Å²) < 4.78 is 0. The molecule has 1 heterocycles. The van der Waals surface area contributed by atoms with Gasteiger partial charge in [-0.05, 0) is 24.5 Å². The van der Waals surface area contributed by atoms with E-state index in [0.29, 0.717) is 0 Å². The number of carbonyl (C=O) groups excluding carboxylic acids is 1. The van der Waals surface area contributed by atoms with Gasteiger partial charge in [0, 0.05) is 19.2 Å². The van der Waals surface area contributed by atoms with E-state index in [9.17, 15) is 4.79 Å². The van der Waals surface area contributed by atoms with E-state index in [1.54, 1.807) is 4.90 Å². The fourth-order valence-corrected chi connectivity index (χ4v) is 1.76. The van der Waals surface area contributed by atoms with Crippen LogP contribution in [0.25, 0.3) is 0 Å². The molecule has 0 saturated carbocycles. The van der Waals surface area contributed by atoms with Crippen molar-refractivity contribution in [2.45, 2.75) is 33.1 Å². The molecule has 1 aromatic carbocycles. The Bertz CT molecular complexity index is 346. The molecule has 0 aliphatic carbocycles. The van der Waals surface area contributed by atoms with Gasteiger partial charge in [-0.1, -0.05) is 38.5 Å². The summed E-state index contributed by atoms with van der Waals surface area (Å²) in [6.07, 6.45) is 3.34. The van der Waals surface area contributed by atoms with Crippen molar-refractivity contribution >= 4 is 5.91 Å². The van der Waals surface area contributed by atoms with Crippen LogP contribution in [0.1, 0.15) is 42.6 Å². The van der Waals surface area contributed by atoms with Gasteiger partial charge in [0.05, 0.1) is 0 Å². The maximum Gasteiger partial charge on any atom is 0.253 e. The Balaban J connectivity index is 0.000000386. The van der Waals surface area contributed by atoms with Crippen molar-refractivity contribution < 1.29 is 4.79 Å². The third kappa shape index (κ3) is 3.09. The number of benzene rings is 1. The maximum absolute atomic E-state index is 11.8. The first kappa shape index (κ1) is 12.8. The highest BCUT2D eigenvalue weighted by atomic mass is 16.2. The van der Waals surface area contributed by atoms with Crippen molar-refractivity contribution in [2.24, 2.45) is 0 Å². The van der Waals surface area contributed by atoms with E-state index in [4.69, 9.17) is 0 Å². The molecule has 1 aliphatic rings. The summed E-state index contributed by atoms with van der Waals surface area (Å²) >= 11 is 0. The van der Waals surface area contributed by atoms with E-state index < -0.39 is 0 Å². The average Bonchev–Trinajstić information content (AvgIpc) is 2.42. The van der Waals surface area contributed by atoms with Gasteiger partial charge < -0.3 is 4.90 Å². The molecule has 1 amide bonds. The zero-order valence-corrected chi connectivity index (χ0v) is 10.5. The predicted molar refractivity (Wildman–Crippen MR) is 67.7 cm³/mol. The smallest absolute Gasteiger partial charge is 0.253 e. The number of hydrogen-bond acceptors (Lipinski definition) is 1. The van der Waals surface area contributed by atoms with E-state index >= 15 is 0 Å². The first-order valence-corrected chi connectivity index (χ1v) is 6.04. The number of amides is 1. The molecule has 1 aromatic rings. The lowest BCUT2D eigenvalue weighted by Crippen LogP contribution is -2.26. The van der Waals surface area contributed by atoms with Crippen LogP contribution in [0.4, 0.5) is 0 Å². The molecule has 2 nitrogen and oxygen atoms in total. The predicted octanol–water partition coefficient (Wildman–Crippen LogP) is 3.12. The van der Waals surface area contributed by atoms with Crippen LogP contribution in [-0.4, -0.2) is 24.4 Å². The molecule has 2 rings (SSSR count). The van der Waals surface area contributed by atoms with Crippen molar-refractivity contribution in [3.8, 4) is 0 Å². The third-order valence-corrected chi connectivity index (χ3v) is 2.53. The van der Waals surface area contributed by atoms with Gasteiger partial charge in [0.1, 0.15) is 0 Å². The van der Waals surface area contributed by atoms with E-state index in [0.717, 1.165) is 24.9 Å². The lowest BCUT2D eigenvalue weighted by molar-refractivity contribution is 0.0800. The molecule has 0 fully saturated rings. The molecule has 0 saturated heterocycles. The van der Waals surface area contributed by atoms with Crippen molar-refractivity contribution in [3.05, 3.63) is 35.4 Å². The number of fused-ring (bicyclic) bond motifs is 1. The minimum atomic E-state index is 0.160. The Kier molecular flexibility index (Phi) is 5.03. The minimum Gasteiger partial charge on any atom is -0.342 e. The van der Waals surface area contributed by atoms with Gasteiger partial charge in [-0.25, -0.2) is 0 Å². The van der Waals surface area contributed by atoms with Crippen LogP contribution >= 0.6 is 0 Å². The second-order valence-corrected chi connectivity index (χ2v) is 4.19. The Labute approximate surface area is 98.3 Å². The molecule has 0 aromatic heterocycles. The number of rotatable bonds is 0. The van der Waals surface area contributed by atoms with Crippen molar-refractivity contribution in [2.75, 3.05) is 13.6 Å². The van der Waals surface area contributed by atoms with Crippen molar-refractivity contribution in [3.63, 3.8) is 0 Å². The highest BCUT2D eigenvalue weighted by Crippen LogP contribution is 2.16. The quantitative estimate of drug-likeness (QED) is 0.656. The number of carbonyl (C=O) groups is 1. The molecular formula is C14H21NO. The second kappa shape index (κ2) is 6.31. The highest BCUT2D eigenvalue weighted by Gasteiger charge is 2.18. The van der Waals surface area contributed by atoms with Gasteiger partial charge in [0.15, 0.2) is 0 Å². The largest absolute Gasteiger partial charge is 0.342 e. The lowest BCUT2D eigenvalue weighted by Gasteiger charge is -2.13. The lowest BCUT2D eigenvalue weighted by atomic mass is 10.0. The number of hydrogen-bond donors (Lipinski definition) is 0. The SMILES string of the molecule is CCC.CN1CCCc2ccccc2C1=O. The first-order valence-electron chi connectivity index (χ1n) is 6.04. The van der Waals surface area contributed by atoms with Crippen LogP contribution in [0.5, 0.6) is 0 Å². The number of nitrogens with zero attached hydrogens (tertiary/aromatic N) is 1. The van der Waals surface area contributed by atoms with Crippen molar-refractivity contribution in [1.29, 1.82) is 0 Å². The molecule has 16 heavy (non-hydrogen) atoms. The third-order valence-electron chi connectivity index (χ3n) is 2.53. The van der Waals surface area contributed by atoms with Crippen LogP contribution in [0.3, 0.4) is 0 Å². The van der Waals surface area contributed by atoms with E-state index in [-0.39, 0.29) is 5.91 Å². The Morgan fingerprint density at radius 3 is 2.56 bits per heavy atom. The van der Waals surface area contributed by atoms with E-state index in [2.05, 4.69) is 13.8 Å². The molecule has 0 atom stereocenters. The summed E-state index contributed by atoms with van der Waals surface area (Å²) in [5.41, 5.74) is 2.07. The standard InChI is InChI=1S/C11H13NO.C3H8/c1-12-8-4-6-9-5-2-3-7-10(9)11(12)13;1-3-2/h2-3,5,7H,4,6,8H2,1H3;3H2,1-2H3. The first-order chi connectivity index (χ1) is 7.70. The monoisotopic (exact) mass is 219 g/mol. The molecule has 0 spiro atoms. The molecule has 1 aliphatic heterocycles. The summed E-state index contributed by atoms with van der Waals surface area (Å²) in [5.74, 6) is 0.160. The number of aryl methyl sites for hydroxylation is 1. The van der Waals surface area contributed by atoms with E-state index in [1.165, 1.54) is 12.0 Å². The van der Waals surface area contributed by atoms with Crippen molar-refractivity contribution in [1.82, 2.24) is 4.90 Å². The summed E-state index contributed by atoms with van der Waals surface area (Å²) in [5, 5.41) is 0. The Hall–Kier alpha value is -1.31. The molecule has 88 valence electrons. The van der Waals surface area contributed by atoms with Gasteiger partial charge in [0.2, 0.25) is 0 Å². The van der Waals surface area contributed by atoms with E-state index in [1.807, 2.05) is 31.3 Å². The molecule has 2 heteroatoms. The van der Waals surface area contributed by atoms with Crippen LogP contribution in [0.15, 0.2) is 24.3 Å². The van der Waals surface area contributed by atoms with Gasteiger partial charge in [-0.3, -0.25) is 4.79 Å². The summed E-state index contributed by atoms with van der Waals surface area (Å²) in [7, 11) is 1.87. The van der Waals surface area contributed by atoms with Crippen LogP contribution in [0.2, 0.25) is 0 Å². The van der Waals surface area contributed by atoms with Gasteiger partial charge in [-0.15, -0.1) is 0 Å². The molecular weight excluding hydrogens is 198 g/mol. The van der Waals surface area contributed by atoms with Crippen LogP contribution in [-0.2, 0) is 6.42 Å². The summed E-state index contributed by atoms with van der Waals surface area (Å²) in [6, 6.07) is 7.89. The highest BCUT2D eigenvalue weighted by molar-refractivity contribution is 5.95. The zero-order valence-electron chi connectivity index (χ0n) is 10.5. The Morgan fingerprint density at radius 1 is 1.25 bits per heavy atom. The van der Waals surface area contributed by atoms with Crippen LogP contribution < -0.4 is 0 Å². The Morgan fingerprint density at radius 2 is 1.88 bits per heavy atom. The van der Waals surface area contributed by atoms with Gasteiger partial charge >= 0.3 is 0 Å². The summed E-state index contributed by atoms with van der Waals surface area (Å²) in [6.45, 7) is 5.12. The minimum absolute atomic E-state index is 0.160. The molecule has 0 N–H and O–H groups in total. The second-order valence-electron chi connectivity index (χ2n) is 4.19. The maximum atomic E-state index is 11.8. The topological polar surface area (TPSA) is 20.3 Å². The molecule has 0 unspecified atom stereocenters. The normalized spacial score (nSPS) is 14.7. The zero-order chi connectivity index (χ0) is 12.0. The van der Waals surface area contributed by atoms with Gasteiger partial charge in [0.25, 0.3) is 5.91 Å². The fourth-order valence-electron chi connectivity index (χ4n) is 1.76. The van der Waals surface area contributed by atoms with Crippen LogP contribution in [0, 0.1) is 0 Å². The molecule has 0 radical (unpaired) electrons. The summed E-state index contributed by atoms with van der Waals surface area (Å²) in [4.78, 5) is 13.6. The average molecular weight is 219 g/mol. The fraction of sp³-hybridized carbons (Fsp3) is 0.500. The molecule has 0 bridgehead atoms. The van der Waals surface area contributed by atoms with Gasteiger partial charge in [-0.2, -0.15) is 0 Å².